The number of benzene rings is 2. The van der Waals surface area contributed by atoms with Crippen LogP contribution < -0.4 is 22.4 Å². The van der Waals surface area contributed by atoms with Gasteiger partial charge in [-0.15, -0.1) is 0 Å². The van der Waals surface area contributed by atoms with E-state index in [4.69, 9.17) is 30.6 Å². The van der Waals surface area contributed by atoms with E-state index in [0.717, 1.165) is 51.4 Å². The van der Waals surface area contributed by atoms with E-state index in [0.29, 0.717) is 65.1 Å². The largest absolute Gasteiger partial charge is 0.450 e. The van der Waals surface area contributed by atoms with Crippen LogP contribution in [0.2, 0.25) is 0 Å². The Balaban J connectivity index is 1.22. The van der Waals surface area contributed by atoms with Crippen LogP contribution in [0.25, 0.3) is 0 Å². The fourth-order valence-corrected chi connectivity index (χ4v) is 10.6. The number of carbonyl (C=O) groups excluding carboxylic acids is 2. The molecule has 10 heteroatoms. The molecular weight excluding hydrogens is 656 g/mol. The maximum absolute atomic E-state index is 14.3. The number of nitrogens with two attached hydrogens (primary N) is 2. The Bertz CT molecular complexity index is 1360. The fraction of sp³-hybridized carbons (Fsp3) is 0.667. The van der Waals surface area contributed by atoms with Gasteiger partial charge in [0.2, 0.25) is 0 Å². The number of hydroxylamine groups is 2. The molecular formula is C42H62N4O6. The summed E-state index contributed by atoms with van der Waals surface area (Å²) in [4.78, 5) is 39.9. The zero-order valence-corrected chi connectivity index (χ0v) is 31.4. The van der Waals surface area contributed by atoms with Crippen molar-refractivity contribution in [2.75, 3.05) is 39.4 Å². The molecule has 6 rings (SSSR count). The lowest BCUT2D eigenvalue weighted by molar-refractivity contribution is -0.209. The SMILES string of the molecule is C[C@]12CC[C@H](c3ccccc3)C[C@@]1(OC(=O)C(=O)O[C@]13CC[C@H](CNOCCCN)[C@@]1(C)CC[C@H](c1ccccc1)C3)CC[C@@H]2CNOCCCN. The smallest absolute Gasteiger partial charge is 0.418 e. The van der Waals surface area contributed by atoms with Crippen molar-refractivity contribution < 1.29 is 28.7 Å². The first-order valence-electron chi connectivity index (χ1n) is 19.8. The third-order valence-electron chi connectivity index (χ3n) is 13.9. The van der Waals surface area contributed by atoms with Crippen molar-refractivity contribution in [3.8, 4) is 0 Å². The topological polar surface area (TPSA) is 147 Å². The number of carbonyl (C=O) groups is 2. The van der Waals surface area contributed by atoms with Crippen LogP contribution in [0.15, 0.2) is 60.7 Å². The van der Waals surface area contributed by atoms with Gasteiger partial charge in [-0.05, 0) is 125 Å². The molecule has 6 N–H and O–H groups in total. The molecule has 0 aliphatic heterocycles. The quantitative estimate of drug-likeness (QED) is 0.0699. The molecule has 4 aliphatic rings. The van der Waals surface area contributed by atoms with Gasteiger partial charge in [-0.2, -0.15) is 0 Å². The lowest BCUT2D eigenvalue weighted by atomic mass is 9.59. The second-order valence-corrected chi connectivity index (χ2v) is 16.5. The summed E-state index contributed by atoms with van der Waals surface area (Å²) in [6, 6.07) is 21.0. The second kappa shape index (κ2) is 17.1. The summed E-state index contributed by atoms with van der Waals surface area (Å²) in [5.74, 6) is -0.836. The van der Waals surface area contributed by atoms with Crippen molar-refractivity contribution in [3.05, 3.63) is 71.8 Å². The molecule has 52 heavy (non-hydrogen) atoms. The minimum atomic E-state index is -0.863. The van der Waals surface area contributed by atoms with Gasteiger partial charge in [0, 0.05) is 23.9 Å². The molecule has 4 saturated carbocycles. The normalized spacial score (nSPS) is 34.0. The summed E-state index contributed by atoms with van der Waals surface area (Å²) in [7, 11) is 0. The van der Waals surface area contributed by atoms with E-state index < -0.39 is 23.1 Å². The first kappa shape index (κ1) is 38.9. The molecule has 4 aliphatic carbocycles. The van der Waals surface area contributed by atoms with Gasteiger partial charge < -0.3 is 30.6 Å². The molecule has 2 aromatic carbocycles. The first-order chi connectivity index (χ1) is 25.2. The van der Waals surface area contributed by atoms with Crippen molar-refractivity contribution in [2.45, 2.75) is 114 Å². The Morgan fingerprint density at radius 1 is 0.635 bits per heavy atom. The summed E-state index contributed by atoms with van der Waals surface area (Å²) in [5.41, 5.74) is 17.9. The lowest BCUT2D eigenvalue weighted by Gasteiger charge is -2.52. The standard InChI is InChI=1S/C42H62N4O6/c1-39-19-15-33(31-11-5-3-6-12-31)27-41(39,21-17-35(39)29-45-49-25-9-23-43)51-37(47)38(48)52-42-22-18-36(30-46-50-26-10-24-44)40(42,2)20-16-34(28-42)32-13-7-4-8-14-32/h3-8,11-14,33-36,45-46H,9-10,15-30,43-44H2,1-2H3/t33-,34-,35+,36+,39+,40+,41-,42-/m0/s1. The molecule has 0 saturated heterocycles. The number of hydrogen-bond acceptors (Lipinski definition) is 10. The minimum Gasteiger partial charge on any atom is -0.450 e. The van der Waals surface area contributed by atoms with Gasteiger partial charge in [0.25, 0.3) is 0 Å². The molecule has 286 valence electrons. The van der Waals surface area contributed by atoms with E-state index in [1.54, 1.807) is 0 Å². The maximum Gasteiger partial charge on any atom is 0.418 e. The van der Waals surface area contributed by atoms with Gasteiger partial charge in [0.1, 0.15) is 11.2 Å². The van der Waals surface area contributed by atoms with Crippen LogP contribution in [0.4, 0.5) is 0 Å². The summed E-state index contributed by atoms with van der Waals surface area (Å²) < 4.78 is 13.2. The molecule has 0 bridgehead atoms. The molecule has 0 heterocycles. The van der Waals surface area contributed by atoms with Crippen molar-refractivity contribution in [3.63, 3.8) is 0 Å². The minimum absolute atomic E-state index is 0.216. The van der Waals surface area contributed by atoms with Crippen molar-refractivity contribution in [1.29, 1.82) is 0 Å². The molecule has 8 atom stereocenters. The van der Waals surface area contributed by atoms with Gasteiger partial charge in [-0.25, -0.2) is 20.5 Å². The number of esters is 2. The van der Waals surface area contributed by atoms with Gasteiger partial charge in [-0.1, -0.05) is 74.5 Å². The zero-order chi connectivity index (χ0) is 36.7. The third kappa shape index (κ3) is 7.84. The highest BCUT2D eigenvalue weighted by Crippen LogP contribution is 2.64. The highest BCUT2D eigenvalue weighted by molar-refractivity contribution is 6.30. The fourth-order valence-electron chi connectivity index (χ4n) is 10.6. The van der Waals surface area contributed by atoms with Crippen molar-refractivity contribution in [1.82, 2.24) is 11.0 Å². The molecule has 0 amide bonds. The van der Waals surface area contributed by atoms with Crippen LogP contribution in [0.3, 0.4) is 0 Å². The van der Waals surface area contributed by atoms with Crippen molar-refractivity contribution in [2.24, 2.45) is 34.1 Å². The Morgan fingerprint density at radius 3 is 1.42 bits per heavy atom. The monoisotopic (exact) mass is 718 g/mol. The summed E-state index contributed by atoms with van der Waals surface area (Å²) in [6.45, 7) is 8.04. The average molecular weight is 719 g/mol. The predicted molar refractivity (Wildman–Crippen MR) is 201 cm³/mol. The van der Waals surface area contributed by atoms with E-state index in [1.165, 1.54) is 11.1 Å². The lowest BCUT2D eigenvalue weighted by Crippen LogP contribution is -2.56. The number of nitrogens with one attached hydrogen (secondary N) is 2. The molecule has 0 spiro atoms. The van der Waals surface area contributed by atoms with Crippen LogP contribution in [0.5, 0.6) is 0 Å². The second-order valence-electron chi connectivity index (χ2n) is 16.5. The highest BCUT2D eigenvalue weighted by atomic mass is 16.6. The van der Waals surface area contributed by atoms with E-state index in [9.17, 15) is 9.59 Å². The van der Waals surface area contributed by atoms with Crippen LogP contribution in [0.1, 0.15) is 114 Å². The molecule has 4 fully saturated rings. The van der Waals surface area contributed by atoms with E-state index >= 15 is 0 Å². The number of rotatable bonds is 16. The third-order valence-corrected chi connectivity index (χ3v) is 13.9. The molecule has 2 aromatic rings. The van der Waals surface area contributed by atoms with Crippen molar-refractivity contribution >= 4 is 11.9 Å². The van der Waals surface area contributed by atoms with E-state index in [1.807, 2.05) is 12.1 Å². The van der Waals surface area contributed by atoms with Gasteiger partial charge >= 0.3 is 11.9 Å². The predicted octanol–water partition coefficient (Wildman–Crippen LogP) is 6.06. The zero-order valence-electron chi connectivity index (χ0n) is 31.4. The average Bonchev–Trinajstić information content (AvgIpc) is 3.61. The maximum atomic E-state index is 14.3. The molecule has 0 aromatic heterocycles. The van der Waals surface area contributed by atoms with Crippen LogP contribution in [-0.4, -0.2) is 62.5 Å². The summed E-state index contributed by atoms with van der Waals surface area (Å²) in [5, 5.41) is 0. The van der Waals surface area contributed by atoms with Crippen LogP contribution in [0, 0.1) is 22.7 Å². The first-order valence-corrected chi connectivity index (χ1v) is 19.8. The van der Waals surface area contributed by atoms with E-state index in [-0.39, 0.29) is 34.5 Å². The van der Waals surface area contributed by atoms with E-state index in [2.05, 4.69) is 73.3 Å². The Labute approximate surface area is 310 Å². The van der Waals surface area contributed by atoms with Crippen LogP contribution in [-0.2, 0) is 28.7 Å². The van der Waals surface area contributed by atoms with Gasteiger partial charge in [0.15, 0.2) is 0 Å². The summed E-state index contributed by atoms with van der Waals surface area (Å²) in [6.07, 6.45) is 9.78. The van der Waals surface area contributed by atoms with Crippen LogP contribution >= 0.6 is 0 Å². The Kier molecular flexibility index (Phi) is 12.8. The number of fused-ring (bicyclic) bond motifs is 2. The Hall–Kier alpha value is -2.86. The highest BCUT2D eigenvalue weighted by Gasteiger charge is 2.65. The molecule has 10 nitrogen and oxygen atoms in total. The number of ether oxygens (including phenoxy) is 2. The molecule has 0 unspecified atom stereocenters. The summed E-state index contributed by atoms with van der Waals surface area (Å²) >= 11 is 0. The Morgan fingerprint density at radius 2 is 1.04 bits per heavy atom. The van der Waals surface area contributed by atoms with Gasteiger partial charge in [0.05, 0.1) is 13.2 Å². The van der Waals surface area contributed by atoms with Gasteiger partial charge in [-0.3, -0.25) is 0 Å². The molecule has 0 radical (unpaired) electrons. The number of hydrogen-bond donors (Lipinski definition) is 4.